The second-order valence-electron chi connectivity index (χ2n) is 7.53. The van der Waals surface area contributed by atoms with Gasteiger partial charge in [0.25, 0.3) is 10.0 Å². The highest BCUT2D eigenvalue weighted by Gasteiger charge is 2.29. The van der Waals surface area contributed by atoms with Crippen molar-refractivity contribution in [2.24, 2.45) is 0 Å². The lowest BCUT2D eigenvalue weighted by molar-refractivity contribution is 0.224. The highest BCUT2D eigenvalue weighted by Crippen LogP contribution is 2.38. The van der Waals surface area contributed by atoms with Gasteiger partial charge in [-0.25, -0.2) is 13.1 Å². The fourth-order valence-electron chi connectivity index (χ4n) is 4.51. The Kier molecular flexibility index (Phi) is 4.31. The minimum atomic E-state index is -3.87. The van der Waals surface area contributed by atoms with Crippen molar-refractivity contribution in [2.45, 2.75) is 56.4 Å². The zero-order valence-corrected chi connectivity index (χ0v) is 17.1. The van der Waals surface area contributed by atoms with E-state index < -0.39 is 10.0 Å². The predicted molar refractivity (Wildman–Crippen MR) is 109 cm³/mol. The number of rotatable bonds is 3. The number of anilines is 1. The number of fused-ring (bicyclic) bond motifs is 3. The number of nitrogens with zero attached hydrogens (tertiary/aromatic N) is 2. The van der Waals surface area contributed by atoms with Crippen molar-refractivity contribution in [3.05, 3.63) is 34.5 Å². The third kappa shape index (κ3) is 2.97. The van der Waals surface area contributed by atoms with Crippen molar-refractivity contribution in [2.75, 3.05) is 11.9 Å². The maximum atomic E-state index is 12.9. The third-order valence-corrected chi connectivity index (χ3v) is 7.41. The van der Waals surface area contributed by atoms with Crippen LogP contribution in [0.1, 0.15) is 41.5 Å². The van der Waals surface area contributed by atoms with Crippen molar-refractivity contribution < 1.29 is 13.2 Å². The van der Waals surface area contributed by atoms with Gasteiger partial charge in [-0.2, -0.15) is 5.10 Å². The van der Waals surface area contributed by atoms with Crippen LogP contribution in [-0.2, 0) is 42.3 Å². The quantitative estimate of drug-likeness (QED) is 0.744. The molecule has 0 saturated carbocycles. The topological polar surface area (TPSA) is 85.3 Å². The lowest BCUT2D eigenvalue weighted by Gasteiger charge is -2.19. The van der Waals surface area contributed by atoms with Crippen molar-refractivity contribution in [1.82, 2.24) is 14.5 Å². The molecule has 2 aliphatic carbocycles. The molecule has 0 spiro atoms. The van der Waals surface area contributed by atoms with Crippen molar-refractivity contribution in [3.63, 3.8) is 0 Å². The first kappa shape index (κ1) is 17.9. The van der Waals surface area contributed by atoms with Crippen molar-refractivity contribution in [3.8, 4) is 5.88 Å². The smallest absolute Gasteiger partial charge is 0.270 e. The molecule has 0 unspecified atom stereocenters. The molecule has 1 aromatic carbocycles. The summed E-state index contributed by atoms with van der Waals surface area (Å²) in [5, 5.41) is 7.42. The molecule has 2 N–H and O–H groups in total. The maximum absolute atomic E-state index is 12.9. The molecule has 7 nitrogen and oxygen atoms in total. The fraction of sp³-hybridized carbons (Fsp3) is 0.474. The molecule has 2 heterocycles. The lowest BCUT2D eigenvalue weighted by Crippen LogP contribution is -2.35. The fourth-order valence-corrected chi connectivity index (χ4v) is 5.93. The number of hydrogen-bond donors (Lipinski definition) is 2. The molecule has 148 valence electrons. The van der Waals surface area contributed by atoms with E-state index in [1.165, 1.54) is 28.5 Å². The van der Waals surface area contributed by atoms with E-state index in [-0.39, 0.29) is 15.9 Å². The molecule has 9 heteroatoms. The van der Waals surface area contributed by atoms with Crippen LogP contribution in [0.3, 0.4) is 0 Å². The average Bonchev–Trinajstić information content (AvgIpc) is 3.39. The molecule has 3 aliphatic rings. The Morgan fingerprint density at radius 3 is 2.54 bits per heavy atom. The minimum Gasteiger partial charge on any atom is -0.477 e. The van der Waals surface area contributed by atoms with Crippen LogP contribution in [0.2, 0.25) is 0 Å². The number of sulfonamides is 1. The van der Waals surface area contributed by atoms with Crippen LogP contribution in [0.5, 0.6) is 5.88 Å². The number of nitrogens with one attached hydrogen (secondary N) is 2. The first-order valence-corrected chi connectivity index (χ1v) is 11.6. The summed E-state index contributed by atoms with van der Waals surface area (Å²) in [6, 6.07) is 2.33. The third-order valence-electron chi connectivity index (χ3n) is 5.74. The number of thiocarbonyl (C=S) groups is 1. The summed E-state index contributed by atoms with van der Waals surface area (Å²) in [5.41, 5.74) is 6.33. The van der Waals surface area contributed by atoms with Crippen LogP contribution < -0.4 is 14.8 Å². The van der Waals surface area contributed by atoms with Gasteiger partial charge in [-0.3, -0.25) is 4.72 Å². The summed E-state index contributed by atoms with van der Waals surface area (Å²) >= 11 is 5.39. The first-order chi connectivity index (χ1) is 13.5. The molecule has 2 aromatic rings. The van der Waals surface area contributed by atoms with E-state index in [0.29, 0.717) is 13.2 Å². The molecule has 0 saturated heterocycles. The van der Waals surface area contributed by atoms with Gasteiger partial charge < -0.3 is 10.1 Å². The van der Waals surface area contributed by atoms with Crippen LogP contribution in [0.15, 0.2) is 17.2 Å². The average molecular weight is 419 g/mol. The zero-order chi connectivity index (χ0) is 19.3. The molecule has 0 bridgehead atoms. The number of aromatic nitrogens is 2. The number of ether oxygens (including phenoxy) is 1. The molecule has 1 aliphatic heterocycles. The normalized spacial score (nSPS) is 17.4. The maximum Gasteiger partial charge on any atom is 0.270 e. The predicted octanol–water partition coefficient (Wildman–Crippen LogP) is 2.32. The van der Waals surface area contributed by atoms with E-state index >= 15 is 0 Å². The van der Waals surface area contributed by atoms with Crippen LogP contribution >= 0.6 is 12.2 Å². The summed E-state index contributed by atoms with van der Waals surface area (Å²) in [4.78, 5) is 0.0277. The van der Waals surface area contributed by atoms with Gasteiger partial charge in [0.15, 0.2) is 10.0 Å². The Labute approximate surface area is 169 Å². The molecular formula is C19H22N4O3S2. The van der Waals surface area contributed by atoms with Crippen LogP contribution in [0.25, 0.3) is 0 Å². The second-order valence-corrected chi connectivity index (χ2v) is 9.59. The van der Waals surface area contributed by atoms with E-state index in [9.17, 15) is 8.42 Å². The molecular weight excluding hydrogens is 396 g/mol. The van der Waals surface area contributed by atoms with Crippen molar-refractivity contribution in [1.29, 1.82) is 0 Å². The van der Waals surface area contributed by atoms with Gasteiger partial charge in [0.2, 0.25) is 5.88 Å². The summed E-state index contributed by atoms with van der Waals surface area (Å²) in [7, 11) is -3.87. The van der Waals surface area contributed by atoms with Gasteiger partial charge in [0.1, 0.15) is 0 Å². The zero-order valence-electron chi connectivity index (χ0n) is 15.5. The first-order valence-electron chi connectivity index (χ1n) is 9.72. The van der Waals surface area contributed by atoms with Gasteiger partial charge in [-0.15, -0.1) is 0 Å². The standard InChI is InChI=1S/C19H22N4O3S2/c24-28(25,16-11-20-23-8-3-9-26-18(16)23)22-19(27)21-17-14-6-1-4-12(14)10-13-5-2-7-15(13)17/h10-11H,1-9H2,(H2,21,22,27). The molecule has 28 heavy (non-hydrogen) atoms. The molecule has 0 amide bonds. The van der Waals surface area contributed by atoms with Gasteiger partial charge in [0.05, 0.1) is 12.8 Å². The highest BCUT2D eigenvalue weighted by molar-refractivity contribution is 7.92. The highest BCUT2D eigenvalue weighted by atomic mass is 32.2. The Morgan fingerprint density at radius 2 is 1.82 bits per heavy atom. The summed E-state index contributed by atoms with van der Waals surface area (Å²) in [6.45, 7) is 1.13. The van der Waals surface area contributed by atoms with E-state index in [1.807, 2.05) is 0 Å². The molecule has 5 rings (SSSR count). The summed E-state index contributed by atoms with van der Waals surface area (Å²) < 4.78 is 35.3. The van der Waals surface area contributed by atoms with E-state index in [4.69, 9.17) is 17.0 Å². The molecule has 0 radical (unpaired) electrons. The van der Waals surface area contributed by atoms with E-state index in [1.54, 1.807) is 4.68 Å². The number of aryl methyl sites for hydroxylation is 3. The monoisotopic (exact) mass is 418 g/mol. The Balaban J connectivity index is 1.41. The molecule has 1 aromatic heterocycles. The van der Waals surface area contributed by atoms with Crippen LogP contribution in [0.4, 0.5) is 5.69 Å². The van der Waals surface area contributed by atoms with Gasteiger partial charge in [-0.1, -0.05) is 6.07 Å². The molecule has 0 atom stereocenters. The Bertz CT molecular complexity index is 1040. The van der Waals surface area contributed by atoms with Gasteiger partial charge in [0, 0.05) is 18.7 Å². The Morgan fingerprint density at radius 1 is 1.11 bits per heavy atom. The lowest BCUT2D eigenvalue weighted by atomic mass is 9.99. The van der Waals surface area contributed by atoms with Crippen LogP contribution in [0, 0.1) is 0 Å². The van der Waals surface area contributed by atoms with Gasteiger partial charge >= 0.3 is 0 Å². The summed E-state index contributed by atoms with van der Waals surface area (Å²) in [5.74, 6) is 0.281. The Hall–Kier alpha value is -2.13. The largest absolute Gasteiger partial charge is 0.477 e. The second kappa shape index (κ2) is 6.73. The van der Waals surface area contributed by atoms with Gasteiger partial charge in [-0.05, 0) is 73.0 Å². The van der Waals surface area contributed by atoms with E-state index in [0.717, 1.165) is 50.6 Å². The number of benzene rings is 1. The minimum absolute atomic E-state index is 0.0277. The molecule has 0 fully saturated rings. The van der Waals surface area contributed by atoms with Crippen LogP contribution in [-0.4, -0.2) is 29.9 Å². The number of hydrogen-bond acceptors (Lipinski definition) is 5. The SMILES string of the molecule is O=S(=O)(NC(=S)Nc1c2c(cc3c1CCC3)CCC2)c1cnn2c1OCCC2. The van der Waals surface area contributed by atoms with E-state index in [2.05, 4.69) is 21.2 Å². The van der Waals surface area contributed by atoms with Crippen molar-refractivity contribution >= 4 is 33.0 Å². The summed E-state index contributed by atoms with van der Waals surface area (Å²) in [6.07, 6.45) is 8.56.